The summed E-state index contributed by atoms with van der Waals surface area (Å²) in [6, 6.07) is 4.59. The van der Waals surface area contributed by atoms with Gasteiger partial charge in [-0.1, -0.05) is 17.7 Å². The largest absolute Gasteiger partial charge is 0.207 e. The van der Waals surface area contributed by atoms with Gasteiger partial charge in [0.05, 0.1) is 0 Å². The average molecular weight is 185 g/mol. The maximum absolute atomic E-state index is 13.0. The predicted octanol–water partition coefficient (Wildman–Crippen LogP) is 3.60. The fraction of sp³-hybridized carbons (Fsp3) is 0.200. The molecule has 0 nitrogen and oxygen atoms in total. The second-order valence-electron chi connectivity index (χ2n) is 2.56. The van der Waals surface area contributed by atoms with E-state index in [0.29, 0.717) is 17.0 Å². The van der Waals surface area contributed by atoms with Crippen LogP contribution in [0, 0.1) is 5.82 Å². The fourth-order valence-corrected chi connectivity index (χ4v) is 1.19. The maximum atomic E-state index is 13.0. The summed E-state index contributed by atoms with van der Waals surface area (Å²) in [6.45, 7) is 3.57. The Hall–Kier alpha value is -0.820. The number of hydrogen-bond acceptors (Lipinski definition) is 0. The van der Waals surface area contributed by atoms with Crippen molar-refractivity contribution in [1.82, 2.24) is 0 Å². The highest BCUT2D eigenvalue weighted by molar-refractivity contribution is 6.30. The second kappa shape index (κ2) is 4.27. The molecular formula is C10H10ClF. The Morgan fingerprint density at radius 3 is 2.92 bits per heavy atom. The van der Waals surface area contributed by atoms with Crippen molar-refractivity contribution in [2.75, 3.05) is 0 Å². The van der Waals surface area contributed by atoms with Crippen LogP contribution >= 0.6 is 11.6 Å². The van der Waals surface area contributed by atoms with Gasteiger partial charge in [-0.05, 0) is 36.6 Å². The van der Waals surface area contributed by atoms with E-state index in [4.69, 9.17) is 11.6 Å². The normalized spacial score (nSPS) is 9.83. The van der Waals surface area contributed by atoms with Crippen molar-refractivity contribution in [3.63, 3.8) is 0 Å². The Labute approximate surface area is 76.7 Å². The van der Waals surface area contributed by atoms with Crippen LogP contribution in [0.2, 0.25) is 5.02 Å². The lowest BCUT2D eigenvalue weighted by Gasteiger charge is -2.00. The number of allylic oxidation sites excluding steroid dienone is 1. The number of hydrogen-bond donors (Lipinski definition) is 0. The van der Waals surface area contributed by atoms with E-state index in [1.54, 1.807) is 18.2 Å². The summed E-state index contributed by atoms with van der Waals surface area (Å²) in [4.78, 5) is 0. The molecule has 0 aliphatic rings. The van der Waals surface area contributed by atoms with E-state index in [2.05, 4.69) is 6.58 Å². The van der Waals surface area contributed by atoms with Gasteiger partial charge in [0.1, 0.15) is 5.82 Å². The topological polar surface area (TPSA) is 0 Å². The van der Waals surface area contributed by atoms with Crippen LogP contribution in [0.3, 0.4) is 0 Å². The Bertz CT molecular complexity index is 281. The molecule has 0 bridgehead atoms. The molecule has 0 N–H and O–H groups in total. The van der Waals surface area contributed by atoms with E-state index >= 15 is 0 Å². The molecule has 0 aromatic heterocycles. The molecular weight excluding hydrogens is 175 g/mol. The third-order valence-corrected chi connectivity index (χ3v) is 1.86. The van der Waals surface area contributed by atoms with Crippen molar-refractivity contribution in [2.45, 2.75) is 12.8 Å². The zero-order valence-corrected chi connectivity index (χ0v) is 7.44. The summed E-state index contributed by atoms with van der Waals surface area (Å²) in [6.07, 6.45) is 3.20. The van der Waals surface area contributed by atoms with Crippen LogP contribution in [0.1, 0.15) is 12.0 Å². The third kappa shape index (κ3) is 2.35. The molecule has 1 aromatic carbocycles. The van der Waals surface area contributed by atoms with E-state index < -0.39 is 0 Å². The molecule has 2 heteroatoms. The van der Waals surface area contributed by atoms with Gasteiger partial charge in [0.15, 0.2) is 0 Å². The van der Waals surface area contributed by atoms with Crippen LogP contribution in [0.25, 0.3) is 0 Å². The van der Waals surface area contributed by atoms with Gasteiger partial charge < -0.3 is 0 Å². The molecule has 1 rings (SSSR count). The Morgan fingerprint density at radius 1 is 1.50 bits per heavy atom. The van der Waals surface area contributed by atoms with Crippen LogP contribution in [0.15, 0.2) is 30.9 Å². The summed E-state index contributed by atoms with van der Waals surface area (Å²) in [5.41, 5.74) is 0.655. The molecule has 12 heavy (non-hydrogen) atoms. The van der Waals surface area contributed by atoms with Gasteiger partial charge in [-0.3, -0.25) is 0 Å². The Morgan fingerprint density at radius 2 is 2.25 bits per heavy atom. The van der Waals surface area contributed by atoms with Gasteiger partial charge in [0.2, 0.25) is 0 Å². The standard InChI is InChI=1S/C10H10ClF/c1-2-3-4-8-7-9(11)5-6-10(8)12/h2,5-7H,1,3-4H2. The van der Waals surface area contributed by atoms with Gasteiger partial charge in [-0.25, -0.2) is 4.39 Å². The van der Waals surface area contributed by atoms with E-state index in [0.717, 1.165) is 6.42 Å². The lowest BCUT2D eigenvalue weighted by atomic mass is 10.1. The second-order valence-corrected chi connectivity index (χ2v) is 3.00. The van der Waals surface area contributed by atoms with Gasteiger partial charge in [-0.15, -0.1) is 6.58 Å². The summed E-state index contributed by atoms with van der Waals surface area (Å²) >= 11 is 5.70. The van der Waals surface area contributed by atoms with Crippen LogP contribution in [-0.4, -0.2) is 0 Å². The highest BCUT2D eigenvalue weighted by atomic mass is 35.5. The first-order chi connectivity index (χ1) is 5.74. The smallest absolute Gasteiger partial charge is 0.126 e. The van der Waals surface area contributed by atoms with Gasteiger partial charge >= 0.3 is 0 Å². The summed E-state index contributed by atoms with van der Waals surface area (Å²) in [5, 5.41) is 0.579. The molecule has 0 heterocycles. The monoisotopic (exact) mass is 184 g/mol. The molecule has 64 valence electrons. The Kier molecular flexibility index (Phi) is 3.30. The van der Waals surface area contributed by atoms with Crippen molar-refractivity contribution in [3.8, 4) is 0 Å². The Balaban J connectivity index is 2.82. The van der Waals surface area contributed by atoms with Crippen LogP contribution < -0.4 is 0 Å². The lowest BCUT2D eigenvalue weighted by Crippen LogP contribution is -1.88. The zero-order valence-electron chi connectivity index (χ0n) is 6.69. The minimum Gasteiger partial charge on any atom is -0.207 e. The lowest BCUT2D eigenvalue weighted by molar-refractivity contribution is 0.609. The van der Waals surface area contributed by atoms with Gasteiger partial charge in [0.25, 0.3) is 0 Å². The maximum Gasteiger partial charge on any atom is 0.126 e. The van der Waals surface area contributed by atoms with Gasteiger partial charge in [0, 0.05) is 5.02 Å². The molecule has 0 unspecified atom stereocenters. The van der Waals surface area contributed by atoms with Gasteiger partial charge in [-0.2, -0.15) is 0 Å². The molecule has 0 amide bonds. The van der Waals surface area contributed by atoms with Crippen LogP contribution in [-0.2, 0) is 6.42 Å². The highest BCUT2D eigenvalue weighted by Gasteiger charge is 2.00. The summed E-state index contributed by atoms with van der Waals surface area (Å²) in [5.74, 6) is -0.193. The van der Waals surface area contributed by atoms with Crippen molar-refractivity contribution < 1.29 is 4.39 Å². The van der Waals surface area contributed by atoms with Crippen LogP contribution in [0.5, 0.6) is 0 Å². The SMILES string of the molecule is C=CCCc1cc(Cl)ccc1F. The first-order valence-electron chi connectivity index (χ1n) is 3.79. The molecule has 0 saturated heterocycles. The quantitative estimate of drug-likeness (QED) is 0.630. The molecule has 0 aliphatic carbocycles. The number of benzene rings is 1. The molecule has 0 atom stereocenters. The molecule has 0 spiro atoms. The minimum absolute atomic E-state index is 0.193. The first-order valence-corrected chi connectivity index (χ1v) is 4.16. The van der Waals surface area contributed by atoms with Crippen molar-refractivity contribution in [3.05, 3.63) is 47.3 Å². The average Bonchev–Trinajstić information content (AvgIpc) is 2.07. The predicted molar refractivity (Wildman–Crippen MR) is 49.9 cm³/mol. The highest BCUT2D eigenvalue weighted by Crippen LogP contribution is 2.16. The summed E-state index contributed by atoms with van der Waals surface area (Å²) in [7, 11) is 0. The van der Waals surface area contributed by atoms with E-state index in [1.807, 2.05) is 0 Å². The fourth-order valence-electron chi connectivity index (χ4n) is 0.992. The van der Waals surface area contributed by atoms with Crippen molar-refractivity contribution >= 4 is 11.6 Å². The molecule has 0 saturated carbocycles. The minimum atomic E-state index is -0.193. The van der Waals surface area contributed by atoms with E-state index in [1.165, 1.54) is 6.07 Å². The number of aryl methyl sites for hydroxylation is 1. The molecule has 0 aliphatic heterocycles. The third-order valence-electron chi connectivity index (χ3n) is 1.63. The van der Waals surface area contributed by atoms with E-state index in [-0.39, 0.29) is 5.82 Å². The molecule has 0 radical (unpaired) electrons. The molecule has 1 aromatic rings. The summed E-state index contributed by atoms with van der Waals surface area (Å²) < 4.78 is 13.0. The van der Waals surface area contributed by atoms with Crippen molar-refractivity contribution in [2.24, 2.45) is 0 Å². The van der Waals surface area contributed by atoms with E-state index in [9.17, 15) is 4.39 Å². The first kappa shape index (κ1) is 9.27. The van der Waals surface area contributed by atoms with Crippen LogP contribution in [0.4, 0.5) is 4.39 Å². The van der Waals surface area contributed by atoms with Crippen molar-refractivity contribution in [1.29, 1.82) is 0 Å². The number of rotatable bonds is 3. The zero-order chi connectivity index (χ0) is 8.97. The number of halogens is 2. The molecule has 0 fully saturated rings.